The van der Waals surface area contributed by atoms with Crippen LogP contribution in [-0.2, 0) is 11.3 Å². The number of fused-ring (bicyclic) bond motifs is 1. The molecule has 0 saturated carbocycles. The van der Waals surface area contributed by atoms with Crippen molar-refractivity contribution in [1.29, 1.82) is 0 Å². The summed E-state index contributed by atoms with van der Waals surface area (Å²) in [6, 6.07) is 12.4. The van der Waals surface area contributed by atoms with Crippen molar-refractivity contribution in [3.8, 4) is 0 Å². The molecular formula is C24H28N4O2. The predicted octanol–water partition coefficient (Wildman–Crippen LogP) is 3.06. The Morgan fingerprint density at radius 3 is 2.67 bits per heavy atom. The predicted molar refractivity (Wildman–Crippen MR) is 120 cm³/mol. The van der Waals surface area contributed by atoms with Crippen LogP contribution >= 0.6 is 0 Å². The Hall–Kier alpha value is -3.15. The highest BCUT2D eigenvalue weighted by molar-refractivity contribution is 5.82. The monoisotopic (exact) mass is 404 g/mol. The Balaban J connectivity index is 1.50. The van der Waals surface area contributed by atoms with Gasteiger partial charge in [0.25, 0.3) is 5.56 Å². The number of pyridine rings is 2. The Bertz CT molecular complexity index is 1170. The number of aromatic nitrogens is 2. The van der Waals surface area contributed by atoms with Crippen LogP contribution in [0, 0.1) is 20.8 Å². The van der Waals surface area contributed by atoms with Crippen LogP contribution in [0.15, 0.2) is 47.4 Å². The molecule has 0 N–H and O–H groups in total. The number of aryl methyl sites for hydroxylation is 3. The van der Waals surface area contributed by atoms with Gasteiger partial charge in [0.05, 0.1) is 10.9 Å². The molecule has 3 heterocycles. The number of benzene rings is 1. The van der Waals surface area contributed by atoms with Gasteiger partial charge in [-0.3, -0.25) is 14.6 Å². The smallest absolute Gasteiger partial charge is 0.260 e. The lowest BCUT2D eigenvalue weighted by Crippen LogP contribution is -2.54. The van der Waals surface area contributed by atoms with Gasteiger partial charge < -0.3 is 14.4 Å². The van der Waals surface area contributed by atoms with Crippen molar-refractivity contribution in [1.82, 2.24) is 14.5 Å². The molecule has 0 radical (unpaired) electrons. The van der Waals surface area contributed by atoms with E-state index in [-0.39, 0.29) is 24.1 Å². The van der Waals surface area contributed by atoms with E-state index in [1.54, 1.807) is 6.20 Å². The molecule has 1 saturated heterocycles. The molecule has 1 atom stereocenters. The lowest BCUT2D eigenvalue weighted by atomic mass is 10.1. The number of amides is 1. The molecule has 1 aliphatic rings. The van der Waals surface area contributed by atoms with Gasteiger partial charge in [0.2, 0.25) is 5.91 Å². The van der Waals surface area contributed by atoms with Crippen LogP contribution in [0.1, 0.15) is 23.7 Å². The van der Waals surface area contributed by atoms with E-state index < -0.39 is 0 Å². The fourth-order valence-corrected chi connectivity index (χ4v) is 4.38. The number of nitrogens with zero attached hydrogens (tertiary/aromatic N) is 4. The van der Waals surface area contributed by atoms with Crippen LogP contribution in [0.25, 0.3) is 10.9 Å². The Labute approximate surface area is 176 Å². The van der Waals surface area contributed by atoms with Gasteiger partial charge in [0.15, 0.2) is 0 Å². The number of carbonyl (C=O) groups excluding carboxylic acids is 1. The van der Waals surface area contributed by atoms with Crippen molar-refractivity contribution in [3.05, 3.63) is 69.8 Å². The van der Waals surface area contributed by atoms with E-state index in [9.17, 15) is 9.59 Å². The van der Waals surface area contributed by atoms with Gasteiger partial charge in [0, 0.05) is 43.3 Å². The van der Waals surface area contributed by atoms with E-state index in [1.807, 2.05) is 30.9 Å². The van der Waals surface area contributed by atoms with Crippen molar-refractivity contribution < 1.29 is 4.79 Å². The first kappa shape index (κ1) is 20.1. The van der Waals surface area contributed by atoms with Crippen LogP contribution in [0.2, 0.25) is 0 Å². The fourth-order valence-electron chi connectivity index (χ4n) is 4.38. The molecule has 0 aliphatic carbocycles. The van der Waals surface area contributed by atoms with Gasteiger partial charge in [-0.1, -0.05) is 12.1 Å². The van der Waals surface area contributed by atoms with Crippen LogP contribution in [0.3, 0.4) is 0 Å². The summed E-state index contributed by atoms with van der Waals surface area (Å²) < 4.78 is 1.51. The number of anilines is 1. The third kappa shape index (κ3) is 3.82. The van der Waals surface area contributed by atoms with Crippen LogP contribution < -0.4 is 10.5 Å². The molecule has 1 aromatic carbocycles. The first-order valence-electron chi connectivity index (χ1n) is 10.4. The van der Waals surface area contributed by atoms with E-state index in [1.165, 1.54) is 15.8 Å². The Kier molecular flexibility index (Phi) is 5.33. The first-order valence-corrected chi connectivity index (χ1v) is 10.4. The van der Waals surface area contributed by atoms with Crippen LogP contribution in [0.5, 0.6) is 0 Å². The number of carbonyl (C=O) groups is 1. The zero-order valence-electron chi connectivity index (χ0n) is 18.1. The largest absolute Gasteiger partial charge is 0.365 e. The zero-order chi connectivity index (χ0) is 21.4. The van der Waals surface area contributed by atoms with E-state index in [0.29, 0.717) is 24.0 Å². The van der Waals surface area contributed by atoms with E-state index in [4.69, 9.17) is 0 Å². The average Bonchev–Trinajstić information content (AvgIpc) is 2.69. The molecule has 3 aromatic rings. The SMILES string of the molecule is Cc1cccc(N2CCN(C(=O)Cn3ccc4nc(C)cc(C)c4c3=O)CC2C)c1. The second-order valence-electron chi connectivity index (χ2n) is 8.31. The van der Waals surface area contributed by atoms with Gasteiger partial charge in [-0.05, 0) is 63.1 Å². The van der Waals surface area contributed by atoms with Gasteiger partial charge in [-0.15, -0.1) is 0 Å². The molecule has 1 amide bonds. The highest BCUT2D eigenvalue weighted by atomic mass is 16.2. The highest BCUT2D eigenvalue weighted by Gasteiger charge is 2.27. The summed E-state index contributed by atoms with van der Waals surface area (Å²) >= 11 is 0. The zero-order valence-corrected chi connectivity index (χ0v) is 18.1. The second kappa shape index (κ2) is 7.94. The third-order valence-electron chi connectivity index (χ3n) is 5.88. The van der Waals surface area contributed by atoms with E-state index in [0.717, 1.165) is 17.8 Å². The summed E-state index contributed by atoms with van der Waals surface area (Å²) in [5, 5.41) is 0.591. The molecule has 4 rings (SSSR count). The number of hydrogen-bond donors (Lipinski definition) is 0. The number of hydrogen-bond acceptors (Lipinski definition) is 4. The van der Waals surface area contributed by atoms with Crippen molar-refractivity contribution >= 4 is 22.5 Å². The molecule has 156 valence electrons. The maximum absolute atomic E-state index is 13.0. The van der Waals surface area contributed by atoms with Crippen LogP contribution in [-0.4, -0.2) is 46.0 Å². The minimum absolute atomic E-state index is 0.0232. The van der Waals surface area contributed by atoms with Gasteiger partial charge in [-0.25, -0.2) is 0 Å². The second-order valence-corrected chi connectivity index (χ2v) is 8.31. The standard InChI is InChI=1S/C24H28N4O2/c1-16-6-5-7-20(12-16)28-11-10-26(14-19(28)4)22(29)15-27-9-8-21-23(24(27)30)17(2)13-18(3)25-21/h5-9,12-13,19H,10-11,14-15H2,1-4H3. The minimum Gasteiger partial charge on any atom is -0.365 e. The summed E-state index contributed by atoms with van der Waals surface area (Å²) in [5.74, 6) is -0.0232. The molecule has 1 aliphatic heterocycles. The lowest BCUT2D eigenvalue weighted by molar-refractivity contribution is -0.132. The Morgan fingerprint density at radius 2 is 1.93 bits per heavy atom. The van der Waals surface area contributed by atoms with Crippen molar-refractivity contribution in [2.45, 2.75) is 40.3 Å². The topological polar surface area (TPSA) is 58.4 Å². The summed E-state index contributed by atoms with van der Waals surface area (Å²) in [6.45, 7) is 10.2. The third-order valence-corrected chi connectivity index (χ3v) is 5.88. The molecule has 0 spiro atoms. The van der Waals surface area contributed by atoms with Gasteiger partial charge in [0.1, 0.15) is 6.54 Å². The minimum atomic E-state index is -0.155. The van der Waals surface area contributed by atoms with Gasteiger partial charge >= 0.3 is 0 Å². The fraction of sp³-hybridized carbons (Fsp3) is 0.375. The van der Waals surface area contributed by atoms with Gasteiger partial charge in [-0.2, -0.15) is 0 Å². The van der Waals surface area contributed by atoms with Crippen molar-refractivity contribution in [2.75, 3.05) is 24.5 Å². The molecule has 0 bridgehead atoms. The highest BCUT2D eigenvalue weighted by Crippen LogP contribution is 2.22. The molecule has 1 fully saturated rings. The molecule has 6 heteroatoms. The first-order chi connectivity index (χ1) is 14.3. The number of rotatable bonds is 3. The number of piperazine rings is 1. The molecule has 6 nitrogen and oxygen atoms in total. The van der Waals surface area contributed by atoms with Crippen molar-refractivity contribution in [2.24, 2.45) is 0 Å². The Morgan fingerprint density at radius 1 is 1.13 bits per heavy atom. The quantitative estimate of drug-likeness (QED) is 0.673. The molecular weight excluding hydrogens is 376 g/mol. The molecule has 2 aromatic heterocycles. The molecule has 1 unspecified atom stereocenters. The molecule has 30 heavy (non-hydrogen) atoms. The summed E-state index contributed by atoms with van der Waals surface area (Å²) in [4.78, 5) is 34.6. The summed E-state index contributed by atoms with van der Waals surface area (Å²) in [5.41, 5.74) is 4.73. The van der Waals surface area contributed by atoms with E-state index >= 15 is 0 Å². The average molecular weight is 405 g/mol. The van der Waals surface area contributed by atoms with E-state index in [2.05, 4.69) is 48.0 Å². The maximum Gasteiger partial charge on any atom is 0.260 e. The summed E-state index contributed by atoms with van der Waals surface area (Å²) in [7, 11) is 0. The van der Waals surface area contributed by atoms with Crippen molar-refractivity contribution in [3.63, 3.8) is 0 Å². The normalized spacial score (nSPS) is 16.9. The van der Waals surface area contributed by atoms with Crippen LogP contribution in [0.4, 0.5) is 5.69 Å². The lowest BCUT2D eigenvalue weighted by Gasteiger charge is -2.41. The summed E-state index contributed by atoms with van der Waals surface area (Å²) in [6.07, 6.45) is 1.68. The maximum atomic E-state index is 13.0.